The van der Waals surface area contributed by atoms with Crippen molar-refractivity contribution in [1.82, 2.24) is 0 Å². The number of carboxylic acid groups (broad SMARTS) is 1. The highest BCUT2D eigenvalue weighted by Gasteiger charge is 2.22. The molecule has 0 spiro atoms. The lowest BCUT2D eigenvalue weighted by Crippen LogP contribution is -2.44. The van der Waals surface area contributed by atoms with E-state index in [1.54, 1.807) is 0 Å². The zero-order valence-corrected chi connectivity index (χ0v) is 68.1. The van der Waals surface area contributed by atoms with Crippen molar-refractivity contribution in [2.24, 2.45) is 0 Å². The number of hydrogen-bond donors (Lipinski definition) is 0. The number of esters is 2. The molecule has 2 unspecified atom stereocenters. The molecule has 0 N–H and O–H groups in total. The first-order chi connectivity index (χ1) is 49.6. The van der Waals surface area contributed by atoms with Gasteiger partial charge in [0.05, 0.1) is 40.3 Å². The minimum absolute atomic E-state index is 0.151. The Balaban J connectivity index is 3.91. The predicted molar refractivity (Wildman–Crippen MR) is 435 cm³/mol. The summed E-state index contributed by atoms with van der Waals surface area (Å²) in [6.45, 7) is 4.80. The summed E-state index contributed by atoms with van der Waals surface area (Å²) >= 11 is 0. The number of carbonyl (C=O) groups is 3. The highest BCUT2D eigenvalue weighted by atomic mass is 16.7. The van der Waals surface area contributed by atoms with Crippen molar-refractivity contribution in [2.45, 2.75) is 463 Å². The molecule has 2 atom stereocenters. The topological polar surface area (TPSA) is 111 Å². The molecule has 9 nitrogen and oxygen atoms in total. The van der Waals surface area contributed by atoms with E-state index in [2.05, 4.69) is 74.6 Å². The third kappa shape index (κ3) is 84.1. The van der Waals surface area contributed by atoms with Crippen LogP contribution in [0.1, 0.15) is 450 Å². The van der Waals surface area contributed by atoms with Gasteiger partial charge in [0.1, 0.15) is 13.2 Å². The van der Waals surface area contributed by atoms with Crippen LogP contribution in [0.25, 0.3) is 0 Å². The zero-order chi connectivity index (χ0) is 73.2. The molecule has 0 aromatic rings. The lowest BCUT2D eigenvalue weighted by Gasteiger charge is -2.26. The minimum atomic E-state index is -1.62. The summed E-state index contributed by atoms with van der Waals surface area (Å²) in [6.07, 6.45) is 108. The molecule has 0 saturated heterocycles. The standard InChI is InChI=1S/C92H171NO8/c1-6-8-10-12-14-16-18-20-22-24-26-28-30-32-34-36-38-40-42-44-45-47-49-51-53-55-57-59-61-63-65-67-69-71-73-75-77-79-81-83-90(95)101-88(87-100-92(91(96)97)98-85-84-93(3,4)5)86-99-89(94)82-80-78-76-74-72-70-68-66-64-62-60-58-56-54-52-50-48-46-43-41-39-37-35-33-31-29-27-25-23-21-19-17-15-13-11-9-7-2/h18-21,24-27,30,32,88,92H,6-17,22-23,28-29,31,33-87H2,1-5H3/b20-18-,21-19-,26-24-,27-25-,32-30-. The Hall–Kier alpha value is -3.01. The van der Waals surface area contributed by atoms with Gasteiger partial charge in [0.2, 0.25) is 0 Å². The largest absolute Gasteiger partial charge is 0.545 e. The van der Waals surface area contributed by atoms with E-state index >= 15 is 0 Å². The monoisotopic (exact) mass is 1420 g/mol. The minimum Gasteiger partial charge on any atom is -0.545 e. The van der Waals surface area contributed by atoms with Gasteiger partial charge in [0.25, 0.3) is 0 Å². The maximum Gasteiger partial charge on any atom is 0.306 e. The van der Waals surface area contributed by atoms with Gasteiger partial charge in [-0.05, 0) is 83.5 Å². The molecule has 0 saturated carbocycles. The van der Waals surface area contributed by atoms with Gasteiger partial charge >= 0.3 is 11.9 Å². The van der Waals surface area contributed by atoms with E-state index in [9.17, 15) is 19.5 Å². The van der Waals surface area contributed by atoms with Gasteiger partial charge in [0, 0.05) is 12.8 Å². The number of likely N-dealkylation sites (N-methyl/N-ethyl adjacent to an activating group) is 1. The number of aliphatic carboxylic acids is 1. The molecule has 0 radical (unpaired) electrons. The number of quaternary nitrogens is 1. The van der Waals surface area contributed by atoms with Gasteiger partial charge in [-0.1, -0.05) is 415 Å². The Morgan fingerprint density at radius 3 is 0.792 bits per heavy atom. The maximum absolute atomic E-state index is 13.0. The van der Waals surface area contributed by atoms with Crippen molar-refractivity contribution in [3.05, 3.63) is 60.8 Å². The second kappa shape index (κ2) is 82.6. The third-order valence-corrected chi connectivity index (χ3v) is 20.2. The molecule has 0 heterocycles. The van der Waals surface area contributed by atoms with Crippen LogP contribution in [-0.4, -0.2) is 82.3 Å². The summed E-state index contributed by atoms with van der Waals surface area (Å²) in [7, 11) is 5.96. The molecule has 0 aromatic carbocycles. The number of rotatable bonds is 84. The van der Waals surface area contributed by atoms with E-state index in [0.717, 1.165) is 57.8 Å². The molecule has 0 amide bonds. The van der Waals surface area contributed by atoms with E-state index in [1.165, 1.54) is 366 Å². The fraction of sp³-hybridized carbons (Fsp3) is 0.859. The Labute approximate surface area is 628 Å². The Kier molecular flexibility index (Phi) is 80.2. The number of allylic oxidation sites excluding steroid dienone is 10. The smallest absolute Gasteiger partial charge is 0.306 e. The highest BCUT2D eigenvalue weighted by Crippen LogP contribution is 2.20. The summed E-state index contributed by atoms with van der Waals surface area (Å²) in [4.78, 5) is 37.7. The number of hydrogen-bond acceptors (Lipinski definition) is 8. The number of carbonyl (C=O) groups excluding carboxylic acids is 3. The summed E-state index contributed by atoms with van der Waals surface area (Å²) in [5.41, 5.74) is 0. The van der Waals surface area contributed by atoms with Gasteiger partial charge in [0.15, 0.2) is 12.4 Å². The number of ether oxygens (including phenoxy) is 4. The van der Waals surface area contributed by atoms with Crippen molar-refractivity contribution < 1.29 is 42.9 Å². The van der Waals surface area contributed by atoms with Gasteiger partial charge in [-0.2, -0.15) is 0 Å². The number of unbranched alkanes of at least 4 members (excludes halogenated alkanes) is 59. The second-order valence-corrected chi connectivity index (χ2v) is 31.5. The number of carboxylic acids is 1. The first-order valence-electron chi connectivity index (χ1n) is 44.4. The van der Waals surface area contributed by atoms with Gasteiger partial charge in [-0.25, -0.2) is 0 Å². The van der Waals surface area contributed by atoms with Crippen LogP contribution in [0.3, 0.4) is 0 Å². The Bertz CT molecular complexity index is 1850. The van der Waals surface area contributed by atoms with Crippen molar-refractivity contribution in [3.8, 4) is 0 Å². The molecule has 592 valence electrons. The van der Waals surface area contributed by atoms with E-state index in [-0.39, 0.29) is 32.2 Å². The van der Waals surface area contributed by atoms with Crippen LogP contribution in [0, 0.1) is 0 Å². The first-order valence-corrected chi connectivity index (χ1v) is 44.4. The third-order valence-electron chi connectivity index (χ3n) is 20.2. The van der Waals surface area contributed by atoms with Crippen LogP contribution >= 0.6 is 0 Å². The second-order valence-electron chi connectivity index (χ2n) is 31.5. The van der Waals surface area contributed by atoms with E-state index in [0.29, 0.717) is 17.4 Å². The molecule has 0 aliphatic carbocycles. The Morgan fingerprint density at radius 2 is 0.535 bits per heavy atom. The van der Waals surface area contributed by atoms with Crippen LogP contribution < -0.4 is 5.11 Å². The van der Waals surface area contributed by atoms with Crippen molar-refractivity contribution >= 4 is 17.9 Å². The van der Waals surface area contributed by atoms with Crippen LogP contribution in [-0.2, 0) is 33.3 Å². The van der Waals surface area contributed by atoms with Gasteiger partial charge in [-0.15, -0.1) is 0 Å². The fourth-order valence-corrected chi connectivity index (χ4v) is 13.5. The lowest BCUT2D eigenvalue weighted by atomic mass is 10.0. The van der Waals surface area contributed by atoms with E-state index in [1.807, 2.05) is 21.1 Å². The summed E-state index contributed by atoms with van der Waals surface area (Å²) in [5, 5.41) is 11.9. The molecular weight excluding hydrogens is 1250 g/mol. The molecule has 0 rings (SSSR count). The van der Waals surface area contributed by atoms with Crippen molar-refractivity contribution in [2.75, 3.05) is 47.5 Å². The lowest BCUT2D eigenvalue weighted by molar-refractivity contribution is -0.870. The van der Waals surface area contributed by atoms with Crippen molar-refractivity contribution in [1.29, 1.82) is 0 Å². The van der Waals surface area contributed by atoms with Gasteiger partial charge < -0.3 is 33.3 Å². The summed E-state index contributed by atoms with van der Waals surface area (Å²) in [6, 6.07) is 0. The van der Waals surface area contributed by atoms with Gasteiger partial charge in [-0.3, -0.25) is 9.59 Å². The fourth-order valence-electron chi connectivity index (χ4n) is 13.5. The summed E-state index contributed by atoms with van der Waals surface area (Å²) in [5.74, 6) is -2.25. The van der Waals surface area contributed by atoms with Crippen LogP contribution in [0.5, 0.6) is 0 Å². The molecule has 0 aliphatic rings. The van der Waals surface area contributed by atoms with Crippen LogP contribution in [0.4, 0.5) is 0 Å². The average Bonchev–Trinajstić information content (AvgIpc) is 1.21. The number of nitrogens with zero attached hydrogens (tertiary/aromatic N) is 1. The van der Waals surface area contributed by atoms with Crippen LogP contribution in [0.15, 0.2) is 60.8 Å². The first kappa shape index (κ1) is 98.0. The molecular formula is C92H171NO8. The highest BCUT2D eigenvalue weighted by molar-refractivity contribution is 5.70. The predicted octanol–water partition coefficient (Wildman–Crippen LogP) is 27.6. The summed E-state index contributed by atoms with van der Waals surface area (Å²) < 4.78 is 22.9. The van der Waals surface area contributed by atoms with E-state index in [4.69, 9.17) is 18.9 Å². The average molecular weight is 1420 g/mol. The van der Waals surface area contributed by atoms with E-state index < -0.39 is 24.3 Å². The molecule has 9 heteroatoms. The van der Waals surface area contributed by atoms with Crippen molar-refractivity contribution in [3.63, 3.8) is 0 Å². The zero-order valence-electron chi connectivity index (χ0n) is 68.1. The Morgan fingerprint density at radius 1 is 0.297 bits per heavy atom. The normalized spacial score (nSPS) is 12.8. The molecule has 0 aromatic heterocycles. The molecule has 0 fully saturated rings. The SMILES string of the molecule is CCCCCCC/C=C\C/C=C\C/C=C\CCCCCCCCCCCCCCCCCCCCCCCCCCC(=O)OC(COC(=O)CCCCCCCCCCCCCCCCCCCCCCCCCCC/C=C\C/C=C\CCCCCCC)COC(OCC[N+](C)(C)C)C(=O)[O-]. The molecule has 0 bridgehead atoms. The quantitative estimate of drug-likeness (QED) is 0.0195. The molecule has 0 aliphatic heterocycles. The molecule has 101 heavy (non-hydrogen) atoms. The van der Waals surface area contributed by atoms with Crippen LogP contribution in [0.2, 0.25) is 0 Å². The maximum atomic E-state index is 13.0.